The largest absolute Gasteiger partial charge is 0.238 e. The number of nitrogens with zero attached hydrogens (tertiary/aromatic N) is 1. The van der Waals surface area contributed by atoms with Crippen LogP contribution in [0.4, 0.5) is 5.69 Å². The Labute approximate surface area is 110 Å². The van der Waals surface area contributed by atoms with E-state index in [9.17, 15) is 0 Å². The van der Waals surface area contributed by atoms with Gasteiger partial charge >= 0.3 is 0 Å². The summed E-state index contributed by atoms with van der Waals surface area (Å²) in [5.41, 5.74) is 1.87. The number of hydrogen-bond acceptors (Lipinski definition) is 0. The standard InChI is InChI=1S/C17H19N/c1-5-12-17(13-6-2,14-7-3)15-8-10-16(18-4)11-9-15/h5-11H,1-3,12-14H2. The minimum absolute atomic E-state index is 0.0220. The van der Waals surface area contributed by atoms with E-state index in [0.29, 0.717) is 5.69 Å². The van der Waals surface area contributed by atoms with Crippen molar-refractivity contribution in [1.82, 2.24) is 0 Å². The van der Waals surface area contributed by atoms with E-state index in [2.05, 4.69) is 24.6 Å². The smallest absolute Gasteiger partial charge is 0.187 e. The summed E-state index contributed by atoms with van der Waals surface area (Å²) >= 11 is 0. The Balaban J connectivity index is 3.20. The lowest BCUT2D eigenvalue weighted by atomic mass is 9.72. The second kappa shape index (κ2) is 6.61. The van der Waals surface area contributed by atoms with Crippen molar-refractivity contribution in [3.05, 3.63) is 79.2 Å². The van der Waals surface area contributed by atoms with Gasteiger partial charge in [-0.3, -0.25) is 0 Å². The number of allylic oxidation sites excluding steroid dienone is 3. The number of hydrogen-bond donors (Lipinski definition) is 0. The molecule has 0 aliphatic carbocycles. The molecular formula is C17H19N. The van der Waals surface area contributed by atoms with Crippen molar-refractivity contribution in [2.75, 3.05) is 0 Å². The van der Waals surface area contributed by atoms with E-state index in [1.807, 2.05) is 42.5 Å². The van der Waals surface area contributed by atoms with Crippen LogP contribution in [0.2, 0.25) is 0 Å². The molecule has 0 amide bonds. The highest BCUT2D eigenvalue weighted by molar-refractivity contribution is 5.47. The zero-order chi connectivity index (χ0) is 13.4. The molecular weight excluding hydrogens is 218 g/mol. The minimum atomic E-state index is -0.0220. The van der Waals surface area contributed by atoms with Crippen LogP contribution in [-0.4, -0.2) is 0 Å². The Morgan fingerprint density at radius 1 is 0.944 bits per heavy atom. The topological polar surface area (TPSA) is 4.36 Å². The van der Waals surface area contributed by atoms with Crippen LogP contribution >= 0.6 is 0 Å². The normalized spacial score (nSPS) is 10.4. The molecule has 0 heterocycles. The molecule has 0 aliphatic rings. The predicted octanol–water partition coefficient (Wildman–Crippen LogP) is 5.20. The van der Waals surface area contributed by atoms with Crippen LogP contribution in [0.15, 0.2) is 62.2 Å². The Bertz CT molecular complexity index is 433. The summed E-state index contributed by atoms with van der Waals surface area (Å²) in [4.78, 5) is 3.42. The summed E-state index contributed by atoms with van der Waals surface area (Å²) in [6.07, 6.45) is 8.45. The predicted molar refractivity (Wildman–Crippen MR) is 78.8 cm³/mol. The summed E-state index contributed by atoms with van der Waals surface area (Å²) in [7, 11) is 0. The summed E-state index contributed by atoms with van der Waals surface area (Å²) in [5, 5.41) is 0. The van der Waals surface area contributed by atoms with Crippen molar-refractivity contribution in [2.45, 2.75) is 24.7 Å². The molecule has 0 aromatic heterocycles. The third kappa shape index (κ3) is 2.99. The zero-order valence-electron chi connectivity index (χ0n) is 10.7. The molecule has 0 bridgehead atoms. The van der Waals surface area contributed by atoms with Gasteiger partial charge in [-0.15, -0.1) is 19.7 Å². The van der Waals surface area contributed by atoms with E-state index in [1.165, 1.54) is 5.56 Å². The van der Waals surface area contributed by atoms with Crippen molar-refractivity contribution in [3.63, 3.8) is 0 Å². The first-order chi connectivity index (χ1) is 8.72. The van der Waals surface area contributed by atoms with Crippen molar-refractivity contribution in [1.29, 1.82) is 0 Å². The third-order valence-electron chi connectivity index (χ3n) is 3.21. The Hall–Kier alpha value is -2.07. The molecule has 0 saturated carbocycles. The van der Waals surface area contributed by atoms with E-state index < -0.39 is 0 Å². The van der Waals surface area contributed by atoms with Gasteiger partial charge in [0.25, 0.3) is 0 Å². The van der Waals surface area contributed by atoms with Crippen LogP contribution in [0.25, 0.3) is 4.85 Å². The van der Waals surface area contributed by atoms with Gasteiger partial charge in [-0.1, -0.05) is 42.5 Å². The second-order valence-corrected chi connectivity index (χ2v) is 4.42. The maximum Gasteiger partial charge on any atom is 0.187 e. The molecule has 0 saturated heterocycles. The average Bonchev–Trinajstić information content (AvgIpc) is 2.39. The van der Waals surface area contributed by atoms with Crippen LogP contribution in [0.1, 0.15) is 24.8 Å². The minimum Gasteiger partial charge on any atom is -0.238 e. The van der Waals surface area contributed by atoms with Gasteiger partial charge < -0.3 is 0 Å². The van der Waals surface area contributed by atoms with E-state index in [1.54, 1.807) is 0 Å². The first kappa shape index (κ1) is 14.0. The van der Waals surface area contributed by atoms with Gasteiger partial charge in [0.15, 0.2) is 5.69 Å². The molecule has 18 heavy (non-hydrogen) atoms. The van der Waals surface area contributed by atoms with Crippen LogP contribution in [0, 0.1) is 6.57 Å². The summed E-state index contributed by atoms with van der Waals surface area (Å²) < 4.78 is 0. The molecule has 1 rings (SSSR count). The van der Waals surface area contributed by atoms with Gasteiger partial charge in [0.1, 0.15) is 0 Å². The molecule has 1 nitrogen and oxygen atoms in total. The lowest BCUT2D eigenvalue weighted by Crippen LogP contribution is -2.24. The van der Waals surface area contributed by atoms with E-state index >= 15 is 0 Å². The third-order valence-corrected chi connectivity index (χ3v) is 3.21. The van der Waals surface area contributed by atoms with Crippen LogP contribution < -0.4 is 0 Å². The monoisotopic (exact) mass is 237 g/mol. The lowest BCUT2D eigenvalue weighted by Gasteiger charge is -2.32. The van der Waals surface area contributed by atoms with Gasteiger partial charge in [-0.25, -0.2) is 4.85 Å². The highest BCUT2D eigenvalue weighted by Crippen LogP contribution is 2.37. The van der Waals surface area contributed by atoms with E-state index in [-0.39, 0.29) is 5.41 Å². The van der Waals surface area contributed by atoms with Crippen molar-refractivity contribution >= 4 is 5.69 Å². The first-order valence-corrected chi connectivity index (χ1v) is 6.03. The maximum atomic E-state index is 6.99. The highest BCUT2D eigenvalue weighted by atomic mass is 14.6. The molecule has 0 spiro atoms. The molecule has 92 valence electrons. The summed E-state index contributed by atoms with van der Waals surface area (Å²) in [6.45, 7) is 18.5. The molecule has 0 unspecified atom stereocenters. The molecule has 1 aromatic carbocycles. The number of rotatable bonds is 7. The van der Waals surface area contributed by atoms with Crippen LogP contribution in [0.3, 0.4) is 0 Å². The fourth-order valence-corrected chi connectivity index (χ4v) is 2.32. The molecule has 0 atom stereocenters. The Morgan fingerprint density at radius 2 is 1.39 bits per heavy atom. The van der Waals surface area contributed by atoms with Crippen molar-refractivity contribution < 1.29 is 0 Å². The van der Waals surface area contributed by atoms with E-state index in [4.69, 9.17) is 6.57 Å². The van der Waals surface area contributed by atoms with Gasteiger partial charge in [0.2, 0.25) is 0 Å². The van der Waals surface area contributed by atoms with Crippen molar-refractivity contribution in [2.24, 2.45) is 0 Å². The molecule has 0 aliphatic heterocycles. The quantitative estimate of drug-likeness (QED) is 0.453. The average molecular weight is 237 g/mol. The molecule has 1 heteroatoms. The fourth-order valence-electron chi connectivity index (χ4n) is 2.32. The molecule has 1 aromatic rings. The zero-order valence-corrected chi connectivity index (χ0v) is 10.7. The first-order valence-electron chi connectivity index (χ1n) is 6.03. The van der Waals surface area contributed by atoms with Gasteiger partial charge in [0.05, 0.1) is 6.57 Å². The summed E-state index contributed by atoms with van der Waals surface area (Å²) in [5.74, 6) is 0. The highest BCUT2D eigenvalue weighted by Gasteiger charge is 2.28. The SMILES string of the molecule is [C-]#[N+]c1ccc(C(CC=C)(CC=C)CC=C)cc1. The molecule has 0 fully saturated rings. The van der Waals surface area contributed by atoms with Gasteiger partial charge in [0, 0.05) is 5.41 Å². The van der Waals surface area contributed by atoms with Gasteiger partial charge in [-0.05, 0) is 24.8 Å². The van der Waals surface area contributed by atoms with Crippen molar-refractivity contribution in [3.8, 4) is 0 Å². The molecule has 0 radical (unpaired) electrons. The Kier molecular flexibility index (Phi) is 5.14. The van der Waals surface area contributed by atoms with Gasteiger partial charge in [-0.2, -0.15) is 0 Å². The van der Waals surface area contributed by atoms with Crippen LogP contribution in [-0.2, 0) is 5.41 Å². The van der Waals surface area contributed by atoms with Crippen LogP contribution in [0.5, 0.6) is 0 Å². The Morgan fingerprint density at radius 3 is 1.72 bits per heavy atom. The molecule has 0 N–H and O–H groups in total. The lowest BCUT2D eigenvalue weighted by molar-refractivity contribution is 0.442. The summed E-state index contributed by atoms with van der Waals surface area (Å²) in [6, 6.07) is 7.80. The van der Waals surface area contributed by atoms with E-state index in [0.717, 1.165) is 19.3 Å². The fraction of sp³-hybridized carbons (Fsp3) is 0.235. The second-order valence-electron chi connectivity index (χ2n) is 4.42. The maximum absolute atomic E-state index is 6.99. The number of benzene rings is 1.